The van der Waals surface area contributed by atoms with Crippen molar-refractivity contribution in [1.29, 1.82) is 0 Å². The van der Waals surface area contributed by atoms with Gasteiger partial charge in [0.15, 0.2) is 0 Å². The quantitative estimate of drug-likeness (QED) is 0.534. The lowest BCUT2D eigenvalue weighted by Crippen LogP contribution is -1.98. The molecule has 0 atom stereocenters. The van der Waals surface area contributed by atoms with Gasteiger partial charge in [-0.1, -0.05) is 54.1 Å². The van der Waals surface area contributed by atoms with Crippen LogP contribution in [0.2, 0.25) is 5.02 Å². The van der Waals surface area contributed by atoms with E-state index in [9.17, 15) is 0 Å². The number of rotatable bonds is 1. The van der Waals surface area contributed by atoms with Gasteiger partial charge in [-0.3, -0.25) is 4.40 Å². The van der Waals surface area contributed by atoms with Crippen LogP contribution in [0.4, 0.5) is 0 Å². The predicted octanol–water partition coefficient (Wildman–Crippen LogP) is 3.91. The summed E-state index contributed by atoms with van der Waals surface area (Å²) in [5.41, 5.74) is 2.80. The molecule has 0 fully saturated rings. The van der Waals surface area contributed by atoms with Gasteiger partial charge in [-0.05, 0) is 13.0 Å². The van der Waals surface area contributed by atoms with Crippen LogP contribution in [0.15, 0.2) is 48.5 Å². The highest BCUT2D eigenvalue weighted by molar-refractivity contribution is 6.35. The van der Waals surface area contributed by atoms with Crippen LogP contribution in [0.5, 0.6) is 0 Å². The summed E-state index contributed by atoms with van der Waals surface area (Å²) in [4.78, 5) is 4.67. The van der Waals surface area contributed by atoms with Crippen LogP contribution in [-0.2, 0) is 0 Å². The van der Waals surface area contributed by atoms with Gasteiger partial charge in [-0.2, -0.15) is 0 Å². The van der Waals surface area contributed by atoms with Crippen molar-refractivity contribution in [2.24, 2.45) is 0 Å². The van der Waals surface area contributed by atoms with E-state index in [1.165, 1.54) is 0 Å². The topological polar surface area (TPSA) is 43.1 Å². The lowest BCUT2D eigenvalue weighted by molar-refractivity contribution is 1.02. The molecule has 2 heterocycles. The van der Waals surface area contributed by atoms with E-state index in [1.54, 1.807) is 0 Å². The summed E-state index contributed by atoms with van der Waals surface area (Å²) in [5.74, 6) is 1.34. The van der Waals surface area contributed by atoms with Gasteiger partial charge in [0.25, 0.3) is 5.78 Å². The van der Waals surface area contributed by atoms with Crippen molar-refractivity contribution >= 4 is 28.3 Å². The number of nitrogens with zero attached hydrogens (tertiary/aromatic N) is 4. The molecule has 0 amide bonds. The van der Waals surface area contributed by atoms with Crippen LogP contribution in [-0.4, -0.2) is 19.6 Å². The van der Waals surface area contributed by atoms with Gasteiger partial charge in [-0.25, -0.2) is 4.98 Å². The van der Waals surface area contributed by atoms with Crippen molar-refractivity contribution in [3.8, 4) is 11.3 Å². The minimum Gasteiger partial charge on any atom is -0.262 e. The first-order valence-electron chi connectivity index (χ1n) is 6.61. The maximum Gasteiger partial charge on any atom is 0.256 e. The molecular weight excluding hydrogens is 284 g/mol. The Morgan fingerprint density at radius 3 is 2.57 bits per heavy atom. The fourth-order valence-electron chi connectivity index (χ4n) is 2.60. The van der Waals surface area contributed by atoms with Crippen LogP contribution in [0.3, 0.4) is 0 Å². The molecule has 0 saturated heterocycles. The molecule has 0 N–H and O–H groups in total. The molecule has 5 heteroatoms. The van der Waals surface area contributed by atoms with Gasteiger partial charge < -0.3 is 0 Å². The summed E-state index contributed by atoms with van der Waals surface area (Å²) in [6.07, 6.45) is 0. The van der Waals surface area contributed by atoms with Crippen molar-refractivity contribution in [3.63, 3.8) is 0 Å². The van der Waals surface area contributed by atoms with E-state index in [1.807, 2.05) is 59.9 Å². The number of aryl methyl sites for hydroxylation is 1. The van der Waals surface area contributed by atoms with Gasteiger partial charge in [0.1, 0.15) is 5.82 Å². The van der Waals surface area contributed by atoms with Crippen molar-refractivity contribution in [1.82, 2.24) is 19.6 Å². The minimum atomic E-state index is 0.562. The van der Waals surface area contributed by atoms with Crippen LogP contribution >= 0.6 is 11.6 Å². The molecule has 0 aliphatic rings. The highest BCUT2D eigenvalue weighted by Gasteiger charge is 2.15. The molecule has 0 spiro atoms. The first-order valence-corrected chi connectivity index (χ1v) is 6.99. The molecule has 2 aromatic heterocycles. The fourth-order valence-corrected chi connectivity index (χ4v) is 2.85. The van der Waals surface area contributed by atoms with E-state index in [0.717, 1.165) is 28.0 Å². The normalized spacial score (nSPS) is 11.3. The largest absolute Gasteiger partial charge is 0.262 e. The van der Waals surface area contributed by atoms with Crippen LogP contribution < -0.4 is 0 Å². The summed E-state index contributed by atoms with van der Waals surface area (Å²) >= 11 is 6.42. The summed E-state index contributed by atoms with van der Waals surface area (Å²) in [5, 5.41) is 9.91. The zero-order valence-corrected chi connectivity index (χ0v) is 12.0. The Kier molecular flexibility index (Phi) is 2.65. The Labute approximate surface area is 126 Å². The second-order valence-corrected chi connectivity index (χ2v) is 5.25. The second kappa shape index (κ2) is 4.53. The molecular formula is C16H11ClN4. The van der Waals surface area contributed by atoms with Gasteiger partial charge in [0.05, 0.1) is 16.2 Å². The van der Waals surface area contributed by atoms with E-state index in [2.05, 4.69) is 15.2 Å². The summed E-state index contributed by atoms with van der Waals surface area (Å²) in [6, 6.07) is 15.9. The van der Waals surface area contributed by atoms with Crippen molar-refractivity contribution in [3.05, 3.63) is 59.4 Å². The molecule has 0 saturated carbocycles. The Balaban J connectivity index is 2.24. The highest BCUT2D eigenvalue weighted by atomic mass is 35.5. The van der Waals surface area contributed by atoms with Gasteiger partial charge in [0.2, 0.25) is 0 Å². The van der Waals surface area contributed by atoms with E-state index >= 15 is 0 Å². The zero-order chi connectivity index (χ0) is 14.4. The Morgan fingerprint density at radius 2 is 1.76 bits per heavy atom. The fraction of sp³-hybridized carbons (Fsp3) is 0.0625. The number of hydrogen-bond acceptors (Lipinski definition) is 3. The third kappa shape index (κ3) is 1.80. The molecule has 102 valence electrons. The molecule has 4 rings (SSSR count). The predicted molar refractivity (Wildman–Crippen MR) is 83.5 cm³/mol. The van der Waals surface area contributed by atoms with Gasteiger partial charge >= 0.3 is 0 Å². The third-order valence-electron chi connectivity index (χ3n) is 3.53. The molecule has 0 unspecified atom stereocenters. The third-order valence-corrected chi connectivity index (χ3v) is 3.84. The SMILES string of the molecule is Cc1nnc2nc(-c3ccccc3)c3cccc(Cl)c3n12. The first-order chi connectivity index (χ1) is 10.3. The lowest BCUT2D eigenvalue weighted by atomic mass is 10.1. The van der Waals surface area contributed by atoms with Gasteiger partial charge in [0, 0.05) is 10.9 Å². The molecule has 0 aliphatic heterocycles. The maximum absolute atomic E-state index is 6.42. The molecule has 2 aromatic carbocycles. The average molecular weight is 295 g/mol. The first kappa shape index (κ1) is 12.3. The van der Waals surface area contributed by atoms with Crippen LogP contribution in [0, 0.1) is 6.92 Å². The maximum atomic E-state index is 6.42. The Bertz CT molecular complexity index is 960. The van der Waals surface area contributed by atoms with Crippen molar-refractivity contribution in [2.45, 2.75) is 6.92 Å². The van der Waals surface area contributed by atoms with Crippen LogP contribution in [0.25, 0.3) is 27.9 Å². The molecule has 4 nitrogen and oxygen atoms in total. The summed E-state index contributed by atoms with van der Waals surface area (Å²) in [6.45, 7) is 1.90. The molecule has 0 aliphatic carbocycles. The highest BCUT2D eigenvalue weighted by Crippen LogP contribution is 2.31. The number of fused-ring (bicyclic) bond motifs is 3. The molecule has 4 aromatic rings. The molecule has 0 radical (unpaired) electrons. The minimum absolute atomic E-state index is 0.562. The number of hydrogen-bond donors (Lipinski definition) is 0. The lowest BCUT2D eigenvalue weighted by Gasteiger charge is -2.09. The van der Waals surface area contributed by atoms with E-state index in [-0.39, 0.29) is 0 Å². The van der Waals surface area contributed by atoms with Crippen LogP contribution in [0.1, 0.15) is 5.82 Å². The molecule has 21 heavy (non-hydrogen) atoms. The van der Waals surface area contributed by atoms with Crippen molar-refractivity contribution in [2.75, 3.05) is 0 Å². The van der Waals surface area contributed by atoms with Gasteiger partial charge in [-0.15, -0.1) is 10.2 Å². The number of para-hydroxylation sites is 1. The number of aromatic nitrogens is 4. The summed E-state index contributed by atoms with van der Waals surface area (Å²) < 4.78 is 1.89. The van der Waals surface area contributed by atoms with E-state index in [0.29, 0.717) is 10.8 Å². The van der Waals surface area contributed by atoms with E-state index in [4.69, 9.17) is 11.6 Å². The zero-order valence-electron chi connectivity index (χ0n) is 11.3. The number of halogens is 1. The Morgan fingerprint density at radius 1 is 0.952 bits per heavy atom. The Hall–Kier alpha value is -2.46. The van der Waals surface area contributed by atoms with Crippen molar-refractivity contribution < 1.29 is 0 Å². The van der Waals surface area contributed by atoms with E-state index < -0.39 is 0 Å². The smallest absolute Gasteiger partial charge is 0.256 e. The standard InChI is InChI=1S/C16H11ClN4/c1-10-19-20-16-18-14(11-6-3-2-4-7-11)12-8-5-9-13(17)15(12)21(10)16/h2-9H,1H3. The summed E-state index contributed by atoms with van der Waals surface area (Å²) in [7, 11) is 0. The molecule has 0 bridgehead atoms. The monoisotopic (exact) mass is 294 g/mol. The average Bonchev–Trinajstić information content (AvgIpc) is 2.89. The second-order valence-electron chi connectivity index (χ2n) is 4.85. The number of benzene rings is 2.